The second kappa shape index (κ2) is 8.99. The van der Waals surface area contributed by atoms with Gasteiger partial charge >= 0.3 is 6.18 Å². The Hall–Kier alpha value is -3.18. The van der Waals surface area contributed by atoms with E-state index < -0.39 is 17.3 Å². The van der Waals surface area contributed by atoms with Crippen LogP contribution in [-0.2, 0) is 17.5 Å². The molecule has 0 unspecified atom stereocenters. The highest BCUT2D eigenvalue weighted by Gasteiger charge is 2.30. The highest BCUT2D eigenvalue weighted by molar-refractivity contribution is 6.01. The van der Waals surface area contributed by atoms with E-state index in [1.165, 1.54) is 12.1 Å². The fraction of sp³-hybridized carbons (Fsp3) is 0.409. The fourth-order valence-electron chi connectivity index (χ4n) is 4.06. The number of halogens is 3. The summed E-state index contributed by atoms with van der Waals surface area (Å²) < 4.78 is 43.7. The van der Waals surface area contributed by atoms with Crippen molar-refractivity contribution >= 4 is 22.6 Å². The Balaban J connectivity index is 1.31. The van der Waals surface area contributed by atoms with Gasteiger partial charge in [-0.25, -0.2) is 5.10 Å². The zero-order valence-electron chi connectivity index (χ0n) is 18.3. The molecule has 2 N–H and O–H groups in total. The van der Waals surface area contributed by atoms with Crippen LogP contribution in [-0.4, -0.2) is 58.6 Å². The predicted molar refractivity (Wildman–Crippen MR) is 116 cm³/mol. The number of H-pyrrole nitrogens is 1. The van der Waals surface area contributed by atoms with Crippen LogP contribution in [0.5, 0.6) is 0 Å². The maximum Gasteiger partial charge on any atom is 0.416 e. The summed E-state index contributed by atoms with van der Waals surface area (Å²) >= 11 is 0. The van der Waals surface area contributed by atoms with E-state index in [4.69, 9.17) is 4.42 Å². The second-order valence-electron chi connectivity index (χ2n) is 8.17. The molecule has 1 aromatic carbocycles. The number of aromatic nitrogens is 2. The molecule has 3 heterocycles. The summed E-state index contributed by atoms with van der Waals surface area (Å²) in [6.07, 6.45) is -4.34. The quantitative estimate of drug-likeness (QED) is 0.604. The zero-order valence-corrected chi connectivity index (χ0v) is 18.3. The Bertz CT molecular complexity index is 1210. The van der Waals surface area contributed by atoms with Gasteiger partial charge in [0, 0.05) is 32.7 Å². The van der Waals surface area contributed by atoms with Gasteiger partial charge in [0.1, 0.15) is 11.1 Å². The summed E-state index contributed by atoms with van der Waals surface area (Å²) in [5, 5.41) is 9.88. The number of carbonyl (C=O) groups is 1. The summed E-state index contributed by atoms with van der Waals surface area (Å²) in [6.45, 7) is 6.77. The minimum atomic E-state index is -4.34. The van der Waals surface area contributed by atoms with Crippen LogP contribution in [0.2, 0.25) is 0 Å². The Morgan fingerprint density at radius 2 is 1.73 bits per heavy atom. The molecule has 1 fully saturated rings. The monoisotopic (exact) mass is 463 g/mol. The van der Waals surface area contributed by atoms with Crippen molar-refractivity contribution in [2.45, 2.75) is 26.6 Å². The highest BCUT2D eigenvalue weighted by Crippen LogP contribution is 2.30. The van der Waals surface area contributed by atoms with Crippen molar-refractivity contribution in [1.29, 1.82) is 0 Å². The third-order valence-electron chi connectivity index (χ3n) is 5.77. The number of anilines is 1. The summed E-state index contributed by atoms with van der Waals surface area (Å²) in [7, 11) is 0. The zero-order chi connectivity index (χ0) is 23.8. The largest absolute Gasteiger partial charge is 0.444 e. The lowest BCUT2D eigenvalue weighted by molar-refractivity contribution is -0.137. The molecule has 0 atom stereocenters. The molecular formula is C22H24F3N5O3. The predicted octanol–water partition coefficient (Wildman–Crippen LogP) is 2.91. The summed E-state index contributed by atoms with van der Waals surface area (Å²) in [6, 6.07) is 5.19. The Labute approximate surface area is 187 Å². The lowest BCUT2D eigenvalue weighted by Crippen LogP contribution is -2.48. The molecule has 11 heteroatoms. The van der Waals surface area contributed by atoms with E-state index in [1.54, 1.807) is 13.8 Å². The van der Waals surface area contributed by atoms with Crippen LogP contribution in [0.25, 0.3) is 10.8 Å². The van der Waals surface area contributed by atoms with Gasteiger partial charge in [0.05, 0.1) is 23.2 Å². The molecule has 1 aliphatic rings. The first-order chi connectivity index (χ1) is 15.6. The smallest absolute Gasteiger partial charge is 0.416 e. The van der Waals surface area contributed by atoms with E-state index in [2.05, 4.69) is 20.4 Å². The molecule has 8 nitrogen and oxygen atoms in total. The first-order valence-electron chi connectivity index (χ1n) is 10.5. The van der Waals surface area contributed by atoms with Gasteiger partial charge in [0.25, 0.3) is 5.56 Å². The maximum absolute atomic E-state index is 12.7. The maximum atomic E-state index is 12.7. The number of hydrogen-bond acceptors (Lipinski definition) is 6. The van der Waals surface area contributed by atoms with Crippen molar-refractivity contribution in [1.82, 2.24) is 20.0 Å². The molecule has 2 aromatic heterocycles. The van der Waals surface area contributed by atoms with Crippen molar-refractivity contribution in [3.05, 3.63) is 57.2 Å². The third-order valence-corrected chi connectivity index (χ3v) is 5.77. The number of nitrogens with zero attached hydrogens (tertiary/aromatic N) is 3. The number of amides is 1. The summed E-state index contributed by atoms with van der Waals surface area (Å²) in [4.78, 5) is 28.9. The molecule has 1 aliphatic heterocycles. The van der Waals surface area contributed by atoms with Crippen molar-refractivity contribution in [3.8, 4) is 0 Å². The second-order valence-corrected chi connectivity index (χ2v) is 8.17. The average molecular weight is 463 g/mol. The first-order valence-corrected chi connectivity index (χ1v) is 10.5. The van der Waals surface area contributed by atoms with Gasteiger partial charge in [-0.1, -0.05) is 12.1 Å². The molecule has 0 bridgehead atoms. The molecule has 0 saturated carbocycles. The van der Waals surface area contributed by atoms with E-state index in [9.17, 15) is 22.8 Å². The van der Waals surface area contributed by atoms with Crippen LogP contribution in [0, 0.1) is 13.8 Å². The number of aromatic amines is 1. The number of carbonyl (C=O) groups excluding carboxylic acids is 1. The van der Waals surface area contributed by atoms with Gasteiger partial charge in [0.15, 0.2) is 0 Å². The molecule has 1 saturated heterocycles. The minimum Gasteiger partial charge on any atom is -0.444 e. The average Bonchev–Trinajstić information content (AvgIpc) is 3.09. The molecular weight excluding hydrogens is 439 g/mol. The van der Waals surface area contributed by atoms with Crippen LogP contribution in [0.1, 0.15) is 22.6 Å². The molecule has 1 amide bonds. The van der Waals surface area contributed by atoms with Gasteiger partial charge in [-0.15, -0.1) is 0 Å². The number of hydrogen-bond donors (Lipinski definition) is 2. The third kappa shape index (κ3) is 5.09. The highest BCUT2D eigenvalue weighted by atomic mass is 19.4. The summed E-state index contributed by atoms with van der Waals surface area (Å²) in [5.74, 6) is 0.323. The number of benzene rings is 1. The number of nitrogens with one attached hydrogen (secondary N) is 2. The van der Waals surface area contributed by atoms with Crippen molar-refractivity contribution in [2.75, 3.05) is 38.0 Å². The van der Waals surface area contributed by atoms with E-state index in [1.807, 2.05) is 4.90 Å². The number of rotatable bonds is 5. The van der Waals surface area contributed by atoms with Crippen LogP contribution >= 0.6 is 0 Å². The molecule has 33 heavy (non-hydrogen) atoms. The van der Waals surface area contributed by atoms with Gasteiger partial charge in [-0.2, -0.15) is 18.3 Å². The summed E-state index contributed by atoms with van der Waals surface area (Å²) in [5.41, 5.74) is 0.328. The Kier molecular flexibility index (Phi) is 6.26. The van der Waals surface area contributed by atoms with Gasteiger partial charge in [0.2, 0.25) is 11.8 Å². The molecule has 3 aromatic rings. The van der Waals surface area contributed by atoms with E-state index in [0.29, 0.717) is 49.6 Å². The Morgan fingerprint density at radius 1 is 1.09 bits per heavy atom. The fourth-order valence-corrected chi connectivity index (χ4v) is 4.06. The lowest BCUT2D eigenvalue weighted by atomic mass is 10.1. The molecule has 0 radical (unpaired) electrons. The number of furan rings is 1. The number of alkyl halides is 3. The molecule has 176 valence electrons. The van der Waals surface area contributed by atoms with Crippen molar-refractivity contribution < 1.29 is 22.4 Å². The standard InChI is InChI=1S/C22H24F3N5O3/c1-13-18-14(2)33-21(19(18)20(32)28-27-13)26-17(31)12-30-9-7-29(8-10-30)11-15-3-5-16(6-4-15)22(23,24)25/h3-6H,7-12H2,1-2H3,(H,26,31)(H,28,32). The first kappa shape index (κ1) is 23.0. The lowest BCUT2D eigenvalue weighted by Gasteiger charge is -2.34. The Morgan fingerprint density at radius 3 is 2.36 bits per heavy atom. The van der Waals surface area contributed by atoms with Crippen LogP contribution in [0.15, 0.2) is 33.5 Å². The van der Waals surface area contributed by atoms with E-state index in [-0.39, 0.29) is 23.7 Å². The topological polar surface area (TPSA) is 94.5 Å². The number of aryl methyl sites for hydroxylation is 2. The number of fused-ring (bicyclic) bond motifs is 1. The van der Waals surface area contributed by atoms with Crippen LogP contribution in [0.3, 0.4) is 0 Å². The van der Waals surface area contributed by atoms with Gasteiger partial charge in [-0.3, -0.25) is 24.7 Å². The molecule has 0 spiro atoms. The van der Waals surface area contributed by atoms with Crippen molar-refractivity contribution in [3.63, 3.8) is 0 Å². The SMILES string of the molecule is Cc1n[nH]c(=O)c2c(NC(=O)CN3CCN(Cc4ccc(C(F)(F)F)cc4)CC3)oc(C)c12. The van der Waals surface area contributed by atoms with E-state index >= 15 is 0 Å². The number of piperazine rings is 1. The van der Waals surface area contributed by atoms with Gasteiger partial charge in [-0.05, 0) is 31.5 Å². The molecule has 0 aliphatic carbocycles. The van der Waals surface area contributed by atoms with Crippen molar-refractivity contribution in [2.24, 2.45) is 0 Å². The normalized spacial score (nSPS) is 15.8. The van der Waals surface area contributed by atoms with Gasteiger partial charge < -0.3 is 4.42 Å². The van der Waals surface area contributed by atoms with Crippen LogP contribution < -0.4 is 10.9 Å². The minimum absolute atomic E-state index is 0.111. The van der Waals surface area contributed by atoms with E-state index in [0.717, 1.165) is 17.7 Å². The van der Waals surface area contributed by atoms with Crippen LogP contribution in [0.4, 0.5) is 19.1 Å². The molecule has 4 rings (SSSR count).